The lowest BCUT2D eigenvalue weighted by atomic mass is 10.1. The Morgan fingerprint density at radius 3 is 3.00 bits per heavy atom. The summed E-state index contributed by atoms with van der Waals surface area (Å²) in [6.45, 7) is 7.45. The van der Waals surface area contributed by atoms with Gasteiger partial charge in [-0.05, 0) is 26.0 Å². The highest BCUT2D eigenvalue weighted by atomic mass is 32.1. The zero-order valence-corrected chi connectivity index (χ0v) is 14.0. The van der Waals surface area contributed by atoms with Crippen molar-refractivity contribution in [3.8, 4) is 11.5 Å². The van der Waals surface area contributed by atoms with E-state index in [4.69, 9.17) is 9.47 Å². The second-order valence-electron chi connectivity index (χ2n) is 5.36. The minimum atomic E-state index is 0.239. The zero-order chi connectivity index (χ0) is 15.5. The minimum absolute atomic E-state index is 0.239. The van der Waals surface area contributed by atoms with Crippen LogP contribution in [0.25, 0.3) is 0 Å². The number of nitrogens with zero attached hydrogens (tertiary/aromatic N) is 2. The van der Waals surface area contributed by atoms with Gasteiger partial charge in [-0.2, -0.15) is 4.37 Å². The van der Waals surface area contributed by atoms with Crippen molar-refractivity contribution in [2.75, 3.05) is 11.9 Å². The molecule has 22 heavy (non-hydrogen) atoms. The number of benzene rings is 1. The van der Waals surface area contributed by atoms with Gasteiger partial charge in [0.1, 0.15) is 23.4 Å². The molecule has 6 heteroatoms. The maximum atomic E-state index is 5.85. The van der Waals surface area contributed by atoms with Crippen molar-refractivity contribution in [2.24, 2.45) is 0 Å². The smallest absolute Gasteiger partial charge is 0.202 e. The lowest BCUT2D eigenvalue weighted by molar-refractivity contribution is 0.254. The van der Waals surface area contributed by atoms with Gasteiger partial charge in [-0.1, -0.05) is 6.92 Å². The van der Waals surface area contributed by atoms with E-state index >= 15 is 0 Å². The van der Waals surface area contributed by atoms with Gasteiger partial charge in [0.15, 0.2) is 0 Å². The van der Waals surface area contributed by atoms with E-state index in [0.29, 0.717) is 13.2 Å². The van der Waals surface area contributed by atoms with Crippen LogP contribution in [0.15, 0.2) is 12.1 Å². The van der Waals surface area contributed by atoms with Gasteiger partial charge in [0.2, 0.25) is 5.13 Å². The summed E-state index contributed by atoms with van der Waals surface area (Å²) in [5.41, 5.74) is 2.31. The molecule has 1 N–H and O–H groups in total. The van der Waals surface area contributed by atoms with Gasteiger partial charge in [0.05, 0.1) is 6.61 Å². The molecule has 0 saturated carbocycles. The Morgan fingerprint density at radius 2 is 2.27 bits per heavy atom. The van der Waals surface area contributed by atoms with Gasteiger partial charge in [-0.25, -0.2) is 4.98 Å². The molecule has 1 aliphatic heterocycles. The van der Waals surface area contributed by atoms with Gasteiger partial charge in [0.25, 0.3) is 0 Å². The summed E-state index contributed by atoms with van der Waals surface area (Å²) in [5.74, 6) is 2.77. The van der Waals surface area contributed by atoms with Gasteiger partial charge in [0, 0.05) is 42.0 Å². The number of nitrogens with one attached hydrogen (secondary N) is 1. The Labute approximate surface area is 134 Å². The van der Waals surface area contributed by atoms with E-state index in [1.54, 1.807) is 0 Å². The summed E-state index contributed by atoms with van der Waals surface area (Å²) in [6, 6.07) is 4.19. The highest BCUT2D eigenvalue weighted by Gasteiger charge is 2.21. The Kier molecular flexibility index (Phi) is 4.47. The maximum absolute atomic E-state index is 5.85. The van der Waals surface area contributed by atoms with E-state index in [-0.39, 0.29) is 6.10 Å². The molecule has 1 aliphatic rings. The van der Waals surface area contributed by atoms with E-state index in [2.05, 4.69) is 40.7 Å². The summed E-state index contributed by atoms with van der Waals surface area (Å²) in [7, 11) is 0. The van der Waals surface area contributed by atoms with Crippen LogP contribution in [0.2, 0.25) is 0 Å². The fraction of sp³-hybridized carbons (Fsp3) is 0.500. The fourth-order valence-corrected chi connectivity index (χ4v) is 3.19. The Hall–Kier alpha value is -1.82. The minimum Gasteiger partial charge on any atom is -0.494 e. The summed E-state index contributed by atoms with van der Waals surface area (Å²) in [5, 5.41) is 4.17. The molecule has 1 aromatic heterocycles. The van der Waals surface area contributed by atoms with E-state index in [1.807, 2.05) is 6.92 Å². The van der Waals surface area contributed by atoms with Gasteiger partial charge in [-0.15, -0.1) is 0 Å². The monoisotopic (exact) mass is 319 g/mol. The Bertz CT molecular complexity index is 657. The SMILES string of the molecule is CCOc1cc2c(cc1CNc1nc(CC)ns1)OC(C)C2. The van der Waals surface area contributed by atoms with Gasteiger partial charge < -0.3 is 14.8 Å². The molecular formula is C16H21N3O2S. The Balaban J connectivity index is 1.78. The quantitative estimate of drug-likeness (QED) is 0.884. The summed E-state index contributed by atoms with van der Waals surface area (Å²) in [4.78, 5) is 4.43. The molecule has 3 rings (SSSR count). The van der Waals surface area contributed by atoms with E-state index in [0.717, 1.165) is 40.9 Å². The molecule has 2 heterocycles. The molecule has 0 aliphatic carbocycles. The molecular weight excluding hydrogens is 298 g/mol. The fourth-order valence-electron chi connectivity index (χ4n) is 2.55. The molecule has 118 valence electrons. The second kappa shape index (κ2) is 6.52. The number of fused-ring (bicyclic) bond motifs is 1. The second-order valence-corrected chi connectivity index (χ2v) is 6.11. The number of hydrogen-bond donors (Lipinski definition) is 1. The average Bonchev–Trinajstić information content (AvgIpc) is 3.10. The first-order valence-electron chi connectivity index (χ1n) is 7.71. The normalized spacial score (nSPS) is 16.2. The average molecular weight is 319 g/mol. The van der Waals surface area contributed by atoms with Crippen molar-refractivity contribution in [2.45, 2.75) is 46.3 Å². The van der Waals surface area contributed by atoms with E-state index in [9.17, 15) is 0 Å². The molecule has 0 fully saturated rings. The van der Waals surface area contributed by atoms with Crippen LogP contribution in [0, 0.1) is 0 Å². The molecule has 2 aromatic rings. The largest absolute Gasteiger partial charge is 0.494 e. The summed E-state index contributed by atoms with van der Waals surface area (Å²) < 4.78 is 15.9. The molecule has 1 unspecified atom stereocenters. The van der Waals surface area contributed by atoms with Crippen LogP contribution in [0.5, 0.6) is 11.5 Å². The van der Waals surface area contributed by atoms with Gasteiger partial charge in [-0.3, -0.25) is 0 Å². The first-order valence-corrected chi connectivity index (χ1v) is 8.48. The molecule has 0 bridgehead atoms. The molecule has 5 nitrogen and oxygen atoms in total. The predicted molar refractivity (Wildman–Crippen MR) is 88.0 cm³/mol. The van der Waals surface area contributed by atoms with Crippen molar-refractivity contribution in [1.82, 2.24) is 9.36 Å². The molecule has 0 saturated heterocycles. The standard InChI is InChI=1S/C16H21N3O2S/c1-4-15-18-16(22-19-15)17-9-12-8-14-11(6-10(3)21-14)7-13(12)20-5-2/h7-8,10H,4-6,9H2,1-3H3,(H,17,18,19). The molecule has 0 radical (unpaired) electrons. The van der Waals surface area contributed by atoms with E-state index in [1.165, 1.54) is 17.1 Å². The van der Waals surface area contributed by atoms with Crippen LogP contribution in [0.3, 0.4) is 0 Å². The summed E-state index contributed by atoms with van der Waals surface area (Å²) >= 11 is 1.39. The third-order valence-corrected chi connectivity index (χ3v) is 4.30. The van der Waals surface area contributed by atoms with Gasteiger partial charge >= 0.3 is 0 Å². The van der Waals surface area contributed by atoms with Crippen molar-refractivity contribution in [3.05, 3.63) is 29.1 Å². The Morgan fingerprint density at radius 1 is 1.41 bits per heavy atom. The highest BCUT2D eigenvalue weighted by Crippen LogP contribution is 2.35. The van der Waals surface area contributed by atoms with Crippen LogP contribution in [0.4, 0.5) is 5.13 Å². The third-order valence-electron chi connectivity index (χ3n) is 3.59. The van der Waals surface area contributed by atoms with Crippen LogP contribution in [-0.4, -0.2) is 22.1 Å². The molecule has 0 spiro atoms. The predicted octanol–water partition coefficient (Wildman–Crippen LogP) is 3.43. The van der Waals surface area contributed by atoms with Crippen LogP contribution in [0.1, 0.15) is 37.7 Å². The van der Waals surface area contributed by atoms with Crippen LogP contribution >= 0.6 is 11.5 Å². The first kappa shape index (κ1) is 15.1. The molecule has 1 aromatic carbocycles. The van der Waals surface area contributed by atoms with Crippen LogP contribution < -0.4 is 14.8 Å². The molecule has 1 atom stereocenters. The van der Waals surface area contributed by atoms with Crippen molar-refractivity contribution in [1.29, 1.82) is 0 Å². The van der Waals surface area contributed by atoms with Crippen LogP contribution in [-0.2, 0) is 19.4 Å². The van der Waals surface area contributed by atoms with E-state index < -0.39 is 0 Å². The number of aryl methyl sites for hydroxylation is 1. The number of ether oxygens (including phenoxy) is 2. The topological polar surface area (TPSA) is 56.3 Å². The van der Waals surface area contributed by atoms with Crippen molar-refractivity contribution < 1.29 is 9.47 Å². The number of anilines is 1. The zero-order valence-electron chi connectivity index (χ0n) is 13.2. The lowest BCUT2D eigenvalue weighted by Gasteiger charge is -2.12. The molecule has 0 amide bonds. The number of rotatable bonds is 6. The van der Waals surface area contributed by atoms with Crippen molar-refractivity contribution >= 4 is 16.7 Å². The lowest BCUT2D eigenvalue weighted by Crippen LogP contribution is -2.05. The first-order chi connectivity index (χ1) is 10.7. The third kappa shape index (κ3) is 3.16. The highest BCUT2D eigenvalue weighted by molar-refractivity contribution is 7.09. The van der Waals surface area contributed by atoms with Crippen molar-refractivity contribution in [3.63, 3.8) is 0 Å². The number of hydrogen-bond acceptors (Lipinski definition) is 6. The maximum Gasteiger partial charge on any atom is 0.202 e. The summed E-state index contributed by atoms with van der Waals surface area (Å²) in [6.07, 6.45) is 2.04. The number of aromatic nitrogens is 2.